The van der Waals surface area contributed by atoms with Gasteiger partial charge in [-0.15, -0.1) is 0 Å². The van der Waals surface area contributed by atoms with Gasteiger partial charge in [-0.05, 0) is 44.8 Å². The van der Waals surface area contributed by atoms with Gasteiger partial charge in [-0.25, -0.2) is 14.8 Å². The first kappa shape index (κ1) is 20.0. The highest BCUT2D eigenvalue weighted by molar-refractivity contribution is 5.80. The summed E-state index contributed by atoms with van der Waals surface area (Å²) in [6, 6.07) is -0.0783. The number of ether oxygens (including phenoxy) is 1. The van der Waals surface area contributed by atoms with Crippen molar-refractivity contribution in [2.75, 3.05) is 45.8 Å². The van der Waals surface area contributed by atoms with Crippen molar-refractivity contribution in [2.24, 2.45) is 17.6 Å². The predicted octanol–water partition coefficient (Wildman–Crippen LogP) is -2.07. The number of hydrogen-bond donors (Lipinski definition) is 5. The number of nitrogens with two attached hydrogens (primary N) is 1. The Bertz CT molecular complexity index is 605. The van der Waals surface area contributed by atoms with Crippen molar-refractivity contribution in [1.82, 2.24) is 31.3 Å². The predicted molar refractivity (Wildman–Crippen MR) is 105 cm³/mol. The molecule has 0 aromatic heterocycles. The zero-order valence-electron chi connectivity index (χ0n) is 16.9. The molecule has 6 N–H and O–H groups in total. The van der Waals surface area contributed by atoms with Crippen molar-refractivity contribution in [3.63, 3.8) is 0 Å². The average Bonchev–Trinajstić information content (AvgIpc) is 3.05. The quantitative estimate of drug-likeness (QED) is 0.359. The van der Waals surface area contributed by atoms with Crippen molar-refractivity contribution in [1.29, 1.82) is 0 Å². The van der Waals surface area contributed by atoms with Crippen LogP contribution in [0.5, 0.6) is 0 Å². The first-order chi connectivity index (χ1) is 14.1. The second kappa shape index (κ2) is 8.33. The summed E-state index contributed by atoms with van der Waals surface area (Å²) in [6.07, 6.45) is 1.83. The fourth-order valence-corrected chi connectivity index (χ4v) is 5.69. The molecule has 6 heterocycles. The van der Waals surface area contributed by atoms with Crippen molar-refractivity contribution < 1.29 is 13.9 Å². The lowest BCUT2D eigenvalue weighted by Crippen LogP contribution is -2.62. The van der Waals surface area contributed by atoms with Gasteiger partial charge in [-0.1, -0.05) is 0 Å². The Balaban J connectivity index is 1.22. The van der Waals surface area contributed by atoms with Crippen molar-refractivity contribution >= 4 is 5.91 Å². The van der Waals surface area contributed by atoms with E-state index in [0.717, 1.165) is 19.5 Å². The highest BCUT2D eigenvalue weighted by Crippen LogP contribution is 2.31. The van der Waals surface area contributed by atoms with Gasteiger partial charge >= 0.3 is 0 Å². The molecular formula is C19H34FN7O2. The summed E-state index contributed by atoms with van der Waals surface area (Å²) >= 11 is 0. The third-order valence-corrected chi connectivity index (χ3v) is 7.32. The zero-order valence-corrected chi connectivity index (χ0v) is 16.9. The van der Waals surface area contributed by atoms with E-state index in [0.29, 0.717) is 12.5 Å². The minimum absolute atomic E-state index is 0.0157. The number of carbonyl (C=O) groups excluding carboxylic acids is 1. The Kier molecular flexibility index (Phi) is 5.76. The Morgan fingerprint density at radius 3 is 2.72 bits per heavy atom. The van der Waals surface area contributed by atoms with Crippen molar-refractivity contribution in [2.45, 2.75) is 56.0 Å². The molecule has 29 heavy (non-hydrogen) atoms. The van der Waals surface area contributed by atoms with Gasteiger partial charge < -0.3 is 26.0 Å². The first-order valence-corrected chi connectivity index (χ1v) is 11.1. The highest BCUT2D eigenvalue weighted by Gasteiger charge is 2.48. The van der Waals surface area contributed by atoms with Crippen LogP contribution in [0.4, 0.5) is 4.39 Å². The minimum atomic E-state index is -0.963. The number of amides is 1. The van der Waals surface area contributed by atoms with Crippen LogP contribution in [0.15, 0.2) is 0 Å². The fourth-order valence-electron chi connectivity index (χ4n) is 5.69. The van der Waals surface area contributed by atoms with E-state index in [2.05, 4.69) is 26.3 Å². The van der Waals surface area contributed by atoms with Gasteiger partial charge in [-0.2, -0.15) is 0 Å². The highest BCUT2D eigenvalue weighted by atomic mass is 19.1. The molecule has 0 spiro atoms. The van der Waals surface area contributed by atoms with E-state index < -0.39 is 18.3 Å². The number of hydrazine groups is 1. The van der Waals surface area contributed by atoms with E-state index in [-0.39, 0.29) is 43.4 Å². The molecule has 6 aliphatic heterocycles. The standard InChI is InChI=1S/C19H34FN7O2/c20-12-7-23-18-16(17(21)25-27(18)9-12)19(28)24-13-8-22-4-1-14(13)29-15-10-26-5-2-11(15)3-6-26/h11-18,22-23,25H,1-10,21H2,(H,24,28)/t12?,13?,14?,15-,16?,17?,18?/m1/s1. The SMILES string of the molecule is NC1NN2CC(F)CNC2C1C(=O)NC1CNCCC1O[C@@H]1CN2CCC1CC2. The molecule has 6 rings (SSSR count). The van der Waals surface area contributed by atoms with Crippen LogP contribution in [0.25, 0.3) is 0 Å². The first-order valence-electron chi connectivity index (χ1n) is 11.1. The summed E-state index contributed by atoms with van der Waals surface area (Å²) in [5.74, 6) is 0.0766. The monoisotopic (exact) mass is 411 g/mol. The van der Waals surface area contributed by atoms with Gasteiger partial charge in [0.15, 0.2) is 0 Å². The molecular weight excluding hydrogens is 377 g/mol. The van der Waals surface area contributed by atoms with Crippen LogP contribution in [-0.2, 0) is 9.53 Å². The number of nitrogens with zero attached hydrogens (tertiary/aromatic N) is 2. The van der Waals surface area contributed by atoms with Crippen LogP contribution in [0.1, 0.15) is 19.3 Å². The Labute approximate surface area is 171 Å². The lowest BCUT2D eigenvalue weighted by molar-refractivity contribution is -0.135. The molecule has 6 aliphatic rings. The largest absolute Gasteiger partial charge is 0.371 e. The summed E-state index contributed by atoms with van der Waals surface area (Å²) < 4.78 is 20.2. The maximum absolute atomic E-state index is 13.7. The number of nitrogens with one attached hydrogen (secondary N) is 4. The van der Waals surface area contributed by atoms with E-state index in [1.807, 2.05) is 0 Å². The summed E-state index contributed by atoms with van der Waals surface area (Å²) in [5, 5.41) is 11.4. The van der Waals surface area contributed by atoms with Crippen LogP contribution >= 0.6 is 0 Å². The Morgan fingerprint density at radius 2 is 1.97 bits per heavy atom. The Morgan fingerprint density at radius 1 is 1.14 bits per heavy atom. The lowest BCUT2D eigenvalue weighted by atomic mass is 9.85. The molecule has 0 saturated carbocycles. The van der Waals surface area contributed by atoms with Crippen molar-refractivity contribution in [3.8, 4) is 0 Å². The molecule has 0 radical (unpaired) electrons. The fraction of sp³-hybridized carbons (Fsp3) is 0.947. The van der Waals surface area contributed by atoms with E-state index in [1.165, 1.54) is 25.9 Å². The topological polar surface area (TPSA) is 107 Å². The number of carbonyl (C=O) groups is 1. The second-order valence-electron chi connectivity index (χ2n) is 9.24. The van der Waals surface area contributed by atoms with Gasteiger partial charge in [0.2, 0.25) is 5.91 Å². The summed E-state index contributed by atoms with van der Waals surface area (Å²) in [5.41, 5.74) is 9.23. The number of fused-ring (bicyclic) bond motifs is 4. The van der Waals surface area contributed by atoms with Crippen LogP contribution in [0.2, 0.25) is 0 Å². The number of halogens is 1. The molecule has 6 unspecified atom stereocenters. The second-order valence-corrected chi connectivity index (χ2v) is 9.24. The van der Waals surface area contributed by atoms with Gasteiger partial charge in [0, 0.05) is 26.2 Å². The molecule has 10 heteroatoms. The average molecular weight is 412 g/mol. The molecule has 7 atom stereocenters. The van der Waals surface area contributed by atoms with E-state index in [1.54, 1.807) is 5.01 Å². The molecule has 0 aliphatic carbocycles. The van der Waals surface area contributed by atoms with Gasteiger partial charge in [-0.3, -0.25) is 10.1 Å². The molecule has 0 aromatic carbocycles. The van der Waals surface area contributed by atoms with Gasteiger partial charge in [0.05, 0.1) is 36.5 Å². The lowest BCUT2D eigenvalue weighted by Gasteiger charge is -2.47. The number of hydrogen-bond acceptors (Lipinski definition) is 8. The smallest absolute Gasteiger partial charge is 0.229 e. The molecule has 6 fully saturated rings. The zero-order chi connectivity index (χ0) is 20.0. The third-order valence-electron chi connectivity index (χ3n) is 7.32. The van der Waals surface area contributed by atoms with E-state index in [4.69, 9.17) is 10.5 Å². The molecule has 1 amide bonds. The van der Waals surface area contributed by atoms with Crippen LogP contribution in [0.3, 0.4) is 0 Å². The normalized spacial score (nSPS) is 47.7. The van der Waals surface area contributed by atoms with Crippen LogP contribution in [-0.4, -0.2) is 98.4 Å². The number of rotatable bonds is 4. The number of alkyl halides is 1. The maximum atomic E-state index is 13.7. The van der Waals surface area contributed by atoms with Gasteiger partial charge in [0.1, 0.15) is 6.17 Å². The van der Waals surface area contributed by atoms with Gasteiger partial charge in [0.25, 0.3) is 0 Å². The van der Waals surface area contributed by atoms with E-state index >= 15 is 0 Å². The Hall–Kier alpha value is -0.880. The molecule has 164 valence electrons. The van der Waals surface area contributed by atoms with Crippen LogP contribution in [0, 0.1) is 11.8 Å². The van der Waals surface area contributed by atoms with Crippen molar-refractivity contribution in [3.05, 3.63) is 0 Å². The summed E-state index contributed by atoms with van der Waals surface area (Å²) in [4.78, 5) is 15.6. The number of piperidine rings is 4. The molecule has 0 aromatic rings. The molecule has 2 bridgehead atoms. The van der Waals surface area contributed by atoms with E-state index in [9.17, 15) is 9.18 Å². The third kappa shape index (κ3) is 4.04. The van der Waals surface area contributed by atoms with Crippen LogP contribution < -0.4 is 27.1 Å². The summed E-state index contributed by atoms with van der Waals surface area (Å²) in [6.45, 7) is 5.47. The molecule has 6 saturated heterocycles. The maximum Gasteiger partial charge on any atom is 0.229 e. The summed E-state index contributed by atoms with van der Waals surface area (Å²) in [7, 11) is 0. The molecule has 9 nitrogen and oxygen atoms in total. The minimum Gasteiger partial charge on any atom is -0.371 e.